The van der Waals surface area contributed by atoms with Crippen molar-refractivity contribution in [3.05, 3.63) is 52.1 Å². The summed E-state index contributed by atoms with van der Waals surface area (Å²) in [5.41, 5.74) is 0.820. The van der Waals surface area contributed by atoms with E-state index in [-0.39, 0.29) is 24.0 Å². The van der Waals surface area contributed by atoms with Gasteiger partial charge in [0.2, 0.25) is 6.79 Å². The minimum Gasteiger partial charge on any atom is -0.454 e. The van der Waals surface area contributed by atoms with Gasteiger partial charge in [-0.1, -0.05) is 17.4 Å². The second-order valence-electron chi connectivity index (χ2n) is 6.74. The maximum absolute atomic E-state index is 13.2. The van der Waals surface area contributed by atoms with Crippen molar-refractivity contribution < 1.29 is 19.2 Å². The number of hydrogen-bond acceptors (Lipinski definition) is 8. The lowest BCUT2D eigenvalue weighted by Crippen LogP contribution is -2.36. The molecule has 1 amide bonds. The first-order valence-electron chi connectivity index (χ1n) is 8.83. The molecule has 2 heterocycles. The highest BCUT2D eigenvalue weighted by Crippen LogP contribution is 2.40. The number of anilines is 1. The van der Waals surface area contributed by atoms with Crippen molar-refractivity contribution in [1.29, 1.82) is 0 Å². The Kier molecular flexibility index (Phi) is 5.03. The first-order chi connectivity index (χ1) is 13.9. The number of non-ortho nitro benzene ring substituents is 1. The van der Waals surface area contributed by atoms with Crippen LogP contribution in [0.2, 0.25) is 0 Å². The Morgan fingerprint density at radius 1 is 1.21 bits per heavy atom. The van der Waals surface area contributed by atoms with Gasteiger partial charge in [-0.3, -0.25) is 19.8 Å². The van der Waals surface area contributed by atoms with Crippen molar-refractivity contribution in [2.45, 2.75) is 0 Å². The van der Waals surface area contributed by atoms with E-state index in [1.165, 1.54) is 29.5 Å². The van der Waals surface area contributed by atoms with E-state index in [9.17, 15) is 14.9 Å². The lowest BCUT2D eigenvalue weighted by Gasteiger charge is -2.22. The van der Waals surface area contributed by atoms with Crippen LogP contribution in [0, 0.1) is 10.1 Å². The number of carbonyl (C=O) groups is 1. The molecule has 29 heavy (non-hydrogen) atoms. The molecule has 4 rings (SSSR count). The zero-order valence-electron chi connectivity index (χ0n) is 15.8. The third kappa shape index (κ3) is 3.84. The monoisotopic (exact) mass is 414 g/mol. The van der Waals surface area contributed by atoms with Gasteiger partial charge in [0.1, 0.15) is 0 Å². The number of amides is 1. The third-order valence-corrected chi connectivity index (χ3v) is 5.46. The zero-order chi connectivity index (χ0) is 20.5. The lowest BCUT2D eigenvalue weighted by atomic mass is 10.2. The van der Waals surface area contributed by atoms with E-state index in [4.69, 9.17) is 9.47 Å². The summed E-state index contributed by atoms with van der Waals surface area (Å²) in [5.74, 6) is 0.936. The number of hydrogen-bond donors (Lipinski definition) is 0. The largest absolute Gasteiger partial charge is 0.454 e. The summed E-state index contributed by atoms with van der Waals surface area (Å²) < 4.78 is 11.7. The van der Waals surface area contributed by atoms with Gasteiger partial charge >= 0.3 is 0 Å². The predicted molar refractivity (Wildman–Crippen MR) is 109 cm³/mol. The number of ether oxygens (including phenoxy) is 2. The van der Waals surface area contributed by atoms with E-state index in [1.807, 2.05) is 25.1 Å². The number of aromatic nitrogens is 1. The smallest absolute Gasteiger partial charge is 0.270 e. The summed E-state index contributed by atoms with van der Waals surface area (Å²) in [6.45, 7) is 1.18. The van der Waals surface area contributed by atoms with Gasteiger partial charge in [-0.25, -0.2) is 4.98 Å². The molecule has 0 N–H and O–H groups in total. The van der Waals surface area contributed by atoms with Crippen molar-refractivity contribution in [1.82, 2.24) is 9.88 Å². The molecule has 0 fully saturated rings. The fourth-order valence-electron chi connectivity index (χ4n) is 2.91. The fraction of sp³-hybridized carbons (Fsp3) is 0.263. The van der Waals surface area contributed by atoms with Crippen LogP contribution in [0.5, 0.6) is 11.5 Å². The van der Waals surface area contributed by atoms with Crippen molar-refractivity contribution in [2.75, 3.05) is 38.9 Å². The Bertz CT molecular complexity index is 1060. The van der Waals surface area contributed by atoms with Crippen LogP contribution in [-0.2, 0) is 0 Å². The van der Waals surface area contributed by atoms with Gasteiger partial charge in [-0.2, -0.15) is 0 Å². The Hall–Kier alpha value is -3.24. The van der Waals surface area contributed by atoms with Crippen LogP contribution in [0.1, 0.15) is 10.4 Å². The second-order valence-corrected chi connectivity index (χ2v) is 7.75. The highest BCUT2D eigenvalue weighted by atomic mass is 32.1. The number of nitro groups is 1. The molecular formula is C19H18N4O5S. The standard InChI is InChI=1S/C19H18N4O5S/c1-21(2)6-7-22(18(24)12-4-3-5-13(8-12)23(25)26)19-20-14-9-15-16(28-11-27-15)10-17(14)29-19/h3-5,8-10H,6-7,11H2,1-2H3. The average Bonchev–Trinajstić information content (AvgIpc) is 3.31. The van der Waals surface area contributed by atoms with Crippen molar-refractivity contribution in [3.63, 3.8) is 0 Å². The number of benzene rings is 2. The lowest BCUT2D eigenvalue weighted by molar-refractivity contribution is -0.384. The van der Waals surface area contributed by atoms with Gasteiger partial charge in [0.15, 0.2) is 16.6 Å². The highest BCUT2D eigenvalue weighted by molar-refractivity contribution is 7.22. The topological polar surface area (TPSA) is 98.0 Å². The van der Waals surface area contributed by atoms with Crippen molar-refractivity contribution in [3.8, 4) is 11.5 Å². The van der Waals surface area contributed by atoms with E-state index in [1.54, 1.807) is 17.0 Å². The summed E-state index contributed by atoms with van der Waals surface area (Å²) in [6, 6.07) is 9.36. The summed E-state index contributed by atoms with van der Waals surface area (Å²) in [4.78, 5) is 31.9. The molecule has 1 aliphatic heterocycles. The van der Waals surface area contributed by atoms with Crippen LogP contribution in [0.15, 0.2) is 36.4 Å². The summed E-state index contributed by atoms with van der Waals surface area (Å²) in [7, 11) is 3.82. The van der Waals surface area contributed by atoms with E-state index in [0.717, 1.165) is 4.70 Å². The molecule has 0 spiro atoms. The van der Waals surface area contributed by atoms with Gasteiger partial charge in [-0.15, -0.1) is 0 Å². The Morgan fingerprint density at radius 3 is 2.69 bits per heavy atom. The summed E-state index contributed by atoms with van der Waals surface area (Å²) in [6.07, 6.45) is 0. The molecule has 0 saturated heterocycles. The number of fused-ring (bicyclic) bond motifs is 2. The molecular weight excluding hydrogens is 396 g/mol. The van der Waals surface area contributed by atoms with Gasteiger partial charge in [-0.05, 0) is 20.2 Å². The van der Waals surface area contributed by atoms with Gasteiger partial charge in [0.05, 0.1) is 15.1 Å². The van der Waals surface area contributed by atoms with Crippen molar-refractivity contribution in [2.24, 2.45) is 0 Å². The molecule has 0 radical (unpaired) electrons. The number of nitrogens with zero attached hydrogens (tertiary/aromatic N) is 4. The SMILES string of the molecule is CN(C)CCN(C(=O)c1cccc([N+](=O)[O-])c1)c1nc2cc3c(cc2s1)OCO3. The minimum absolute atomic E-state index is 0.126. The Labute approximate surface area is 170 Å². The van der Waals surface area contributed by atoms with E-state index in [0.29, 0.717) is 35.2 Å². The summed E-state index contributed by atoms with van der Waals surface area (Å²) in [5, 5.41) is 11.6. The predicted octanol–water partition coefficient (Wildman–Crippen LogP) is 3.14. The van der Waals surface area contributed by atoms with Crippen LogP contribution < -0.4 is 14.4 Å². The molecule has 0 aliphatic carbocycles. The number of rotatable bonds is 6. The summed E-state index contributed by atoms with van der Waals surface area (Å²) >= 11 is 1.36. The van der Waals surface area contributed by atoms with Crippen molar-refractivity contribution >= 4 is 38.3 Å². The third-order valence-electron chi connectivity index (χ3n) is 4.42. The van der Waals surface area contributed by atoms with E-state index >= 15 is 0 Å². The normalized spacial score (nSPS) is 12.5. The molecule has 0 saturated carbocycles. The van der Waals surface area contributed by atoms with Crippen LogP contribution in [0.4, 0.5) is 10.8 Å². The maximum Gasteiger partial charge on any atom is 0.270 e. The van der Waals surface area contributed by atoms with E-state index < -0.39 is 4.92 Å². The minimum atomic E-state index is -0.514. The van der Waals surface area contributed by atoms with Crippen LogP contribution in [-0.4, -0.2) is 54.7 Å². The number of carbonyl (C=O) groups excluding carboxylic acids is 1. The van der Waals surface area contributed by atoms with E-state index in [2.05, 4.69) is 4.98 Å². The number of thiazole rings is 1. The zero-order valence-corrected chi connectivity index (χ0v) is 16.6. The van der Waals surface area contributed by atoms with Gasteiger partial charge in [0.25, 0.3) is 11.6 Å². The second kappa shape index (κ2) is 7.64. The molecule has 0 atom stereocenters. The molecule has 3 aromatic rings. The molecule has 150 valence electrons. The molecule has 1 aromatic heterocycles. The van der Waals surface area contributed by atoms with Gasteiger partial charge in [0, 0.05) is 42.9 Å². The molecule has 10 heteroatoms. The van der Waals surface area contributed by atoms with Crippen LogP contribution in [0.3, 0.4) is 0 Å². The Morgan fingerprint density at radius 2 is 1.97 bits per heavy atom. The average molecular weight is 414 g/mol. The molecule has 0 unspecified atom stereocenters. The fourth-order valence-corrected chi connectivity index (χ4v) is 3.91. The quantitative estimate of drug-likeness (QED) is 0.451. The first kappa shape index (κ1) is 19.1. The molecule has 0 bridgehead atoms. The highest BCUT2D eigenvalue weighted by Gasteiger charge is 2.24. The maximum atomic E-state index is 13.2. The molecule has 9 nitrogen and oxygen atoms in total. The van der Waals surface area contributed by atoms with Crippen LogP contribution >= 0.6 is 11.3 Å². The molecule has 1 aliphatic rings. The molecule has 2 aromatic carbocycles. The Balaban J connectivity index is 1.71. The van der Waals surface area contributed by atoms with Gasteiger partial charge < -0.3 is 14.4 Å². The number of likely N-dealkylation sites (N-methyl/N-ethyl adjacent to an activating group) is 1. The van der Waals surface area contributed by atoms with Crippen LogP contribution in [0.25, 0.3) is 10.2 Å². The first-order valence-corrected chi connectivity index (χ1v) is 9.65. The number of nitro benzene ring substituents is 1.